The fourth-order valence-electron chi connectivity index (χ4n) is 0.951. The van der Waals surface area contributed by atoms with Gasteiger partial charge in [0.1, 0.15) is 0 Å². The second-order valence-electron chi connectivity index (χ2n) is 2.37. The maximum atomic E-state index is 5.59. The Morgan fingerprint density at radius 3 is 2.75 bits per heavy atom. The van der Waals surface area contributed by atoms with Gasteiger partial charge in [-0.1, -0.05) is 0 Å². The number of hydrogen-bond donors (Lipinski definition) is 1. The van der Waals surface area contributed by atoms with Gasteiger partial charge in [0.25, 0.3) is 0 Å². The molecule has 0 unspecified atom stereocenters. The third-order valence-electron chi connectivity index (χ3n) is 1.48. The van der Waals surface area contributed by atoms with Crippen molar-refractivity contribution in [3.63, 3.8) is 0 Å². The predicted molar refractivity (Wildman–Crippen MR) is 49.8 cm³/mol. The summed E-state index contributed by atoms with van der Waals surface area (Å²) in [6.07, 6.45) is 5.22. The molecule has 3 nitrogen and oxygen atoms in total. The molecule has 12 heavy (non-hydrogen) atoms. The second-order valence-corrected chi connectivity index (χ2v) is 3.26. The van der Waals surface area contributed by atoms with E-state index < -0.39 is 0 Å². The summed E-state index contributed by atoms with van der Waals surface area (Å²) in [6, 6.07) is 1.89. The van der Waals surface area contributed by atoms with Crippen LogP contribution in [0.15, 0.2) is 30.2 Å². The Hall–Kier alpha value is -1.42. The summed E-state index contributed by atoms with van der Waals surface area (Å²) in [6.45, 7) is 0. The van der Waals surface area contributed by atoms with Crippen LogP contribution in [0.1, 0.15) is 0 Å². The molecule has 2 N–H and O–H groups in total. The van der Waals surface area contributed by atoms with Crippen LogP contribution in [0.5, 0.6) is 0 Å². The van der Waals surface area contributed by atoms with E-state index in [1.54, 1.807) is 35.4 Å². The molecule has 2 heterocycles. The molecule has 0 aliphatic rings. The lowest BCUT2D eigenvalue weighted by atomic mass is 10.2. The van der Waals surface area contributed by atoms with Crippen molar-refractivity contribution in [1.29, 1.82) is 0 Å². The van der Waals surface area contributed by atoms with E-state index in [0.29, 0.717) is 5.69 Å². The summed E-state index contributed by atoms with van der Waals surface area (Å²) in [7, 11) is 0. The molecule has 2 aromatic rings. The number of rotatable bonds is 1. The molecule has 0 bridgehead atoms. The van der Waals surface area contributed by atoms with E-state index in [0.717, 1.165) is 10.4 Å². The number of nitrogens with two attached hydrogens (primary N) is 1. The highest BCUT2D eigenvalue weighted by Crippen LogP contribution is 2.23. The Morgan fingerprint density at radius 2 is 2.08 bits per heavy atom. The topological polar surface area (TPSA) is 51.8 Å². The molecule has 0 saturated heterocycles. The van der Waals surface area contributed by atoms with Gasteiger partial charge in [-0.15, -0.1) is 11.3 Å². The van der Waals surface area contributed by atoms with Crippen LogP contribution >= 0.6 is 11.3 Å². The molecular weight excluding hydrogens is 170 g/mol. The van der Waals surface area contributed by atoms with Gasteiger partial charge in [0.2, 0.25) is 0 Å². The third kappa shape index (κ3) is 1.29. The SMILES string of the molecule is Nc1cncc(-c2cncs2)c1. The van der Waals surface area contributed by atoms with Crippen molar-refractivity contribution in [2.75, 3.05) is 5.73 Å². The summed E-state index contributed by atoms with van der Waals surface area (Å²) in [5, 5.41) is 0. The van der Waals surface area contributed by atoms with Crippen LogP contribution in [0.4, 0.5) is 5.69 Å². The molecule has 0 amide bonds. The molecule has 0 aliphatic carbocycles. The van der Waals surface area contributed by atoms with Gasteiger partial charge < -0.3 is 5.73 Å². The minimum Gasteiger partial charge on any atom is -0.397 e. The lowest BCUT2D eigenvalue weighted by Crippen LogP contribution is -1.86. The molecule has 0 aromatic carbocycles. The zero-order chi connectivity index (χ0) is 8.39. The number of aromatic nitrogens is 2. The maximum Gasteiger partial charge on any atom is 0.0797 e. The van der Waals surface area contributed by atoms with E-state index in [-0.39, 0.29) is 0 Å². The summed E-state index contributed by atoms with van der Waals surface area (Å²) >= 11 is 1.58. The van der Waals surface area contributed by atoms with Crippen LogP contribution in [0.25, 0.3) is 10.4 Å². The van der Waals surface area contributed by atoms with Crippen molar-refractivity contribution in [2.45, 2.75) is 0 Å². The average molecular weight is 177 g/mol. The summed E-state index contributed by atoms with van der Waals surface area (Å²) < 4.78 is 0. The fourth-order valence-corrected chi connectivity index (χ4v) is 1.56. The minimum atomic E-state index is 0.681. The van der Waals surface area contributed by atoms with E-state index in [1.807, 2.05) is 6.07 Å². The Morgan fingerprint density at radius 1 is 1.17 bits per heavy atom. The smallest absolute Gasteiger partial charge is 0.0797 e. The summed E-state index contributed by atoms with van der Waals surface area (Å²) in [5.74, 6) is 0. The Bertz CT molecular complexity index is 370. The summed E-state index contributed by atoms with van der Waals surface area (Å²) in [5.41, 5.74) is 9.08. The van der Waals surface area contributed by atoms with Crippen LogP contribution in [-0.2, 0) is 0 Å². The Balaban J connectivity index is 2.48. The first-order chi connectivity index (χ1) is 5.86. The Labute approximate surface area is 73.9 Å². The van der Waals surface area contributed by atoms with Crippen molar-refractivity contribution in [1.82, 2.24) is 9.97 Å². The van der Waals surface area contributed by atoms with E-state index in [4.69, 9.17) is 5.73 Å². The molecule has 0 fully saturated rings. The average Bonchev–Trinajstić information content (AvgIpc) is 2.56. The van der Waals surface area contributed by atoms with Gasteiger partial charge >= 0.3 is 0 Å². The second kappa shape index (κ2) is 2.91. The zero-order valence-corrected chi connectivity index (χ0v) is 7.08. The van der Waals surface area contributed by atoms with E-state index >= 15 is 0 Å². The molecular formula is C8H7N3S. The van der Waals surface area contributed by atoms with Gasteiger partial charge in [-0.2, -0.15) is 0 Å². The first-order valence-corrected chi connectivity index (χ1v) is 4.33. The highest BCUT2D eigenvalue weighted by molar-refractivity contribution is 7.13. The monoisotopic (exact) mass is 177 g/mol. The molecule has 0 atom stereocenters. The molecule has 2 rings (SSSR count). The standard InChI is InChI=1S/C8H7N3S/c9-7-1-6(2-10-3-7)8-4-11-5-12-8/h1-5H,9H2. The first-order valence-electron chi connectivity index (χ1n) is 3.45. The number of nitrogen functional groups attached to an aromatic ring is 1. The van der Waals surface area contributed by atoms with Gasteiger partial charge in [-0.05, 0) is 6.07 Å². The highest BCUT2D eigenvalue weighted by Gasteiger charge is 1.98. The van der Waals surface area contributed by atoms with Crippen LogP contribution in [0.2, 0.25) is 0 Å². The number of pyridine rings is 1. The van der Waals surface area contributed by atoms with Crippen molar-refractivity contribution < 1.29 is 0 Å². The fraction of sp³-hybridized carbons (Fsp3) is 0. The van der Waals surface area contributed by atoms with Crippen molar-refractivity contribution >= 4 is 17.0 Å². The van der Waals surface area contributed by atoms with Gasteiger partial charge in [-0.3, -0.25) is 9.97 Å². The van der Waals surface area contributed by atoms with Gasteiger partial charge in [-0.25, -0.2) is 0 Å². The van der Waals surface area contributed by atoms with Gasteiger partial charge in [0.15, 0.2) is 0 Å². The normalized spacial score (nSPS) is 10.0. The molecule has 2 aromatic heterocycles. The minimum absolute atomic E-state index is 0.681. The zero-order valence-electron chi connectivity index (χ0n) is 6.27. The Kier molecular flexibility index (Phi) is 1.75. The number of thiazole rings is 1. The van der Waals surface area contributed by atoms with Crippen molar-refractivity contribution in [3.8, 4) is 10.4 Å². The highest BCUT2D eigenvalue weighted by atomic mass is 32.1. The lowest BCUT2D eigenvalue weighted by molar-refractivity contribution is 1.33. The number of anilines is 1. The number of hydrogen-bond acceptors (Lipinski definition) is 4. The molecule has 0 saturated carbocycles. The first kappa shape index (κ1) is 7.24. The van der Waals surface area contributed by atoms with Gasteiger partial charge in [0.05, 0.1) is 16.1 Å². The predicted octanol–water partition coefficient (Wildman–Crippen LogP) is 1.79. The molecule has 0 spiro atoms. The van der Waals surface area contributed by atoms with Crippen LogP contribution in [-0.4, -0.2) is 9.97 Å². The molecule has 4 heteroatoms. The summed E-state index contributed by atoms with van der Waals surface area (Å²) in [4.78, 5) is 9.06. The lowest BCUT2D eigenvalue weighted by Gasteiger charge is -1.95. The van der Waals surface area contributed by atoms with Crippen LogP contribution in [0, 0.1) is 0 Å². The van der Waals surface area contributed by atoms with Crippen molar-refractivity contribution in [3.05, 3.63) is 30.2 Å². The van der Waals surface area contributed by atoms with Crippen molar-refractivity contribution in [2.24, 2.45) is 0 Å². The van der Waals surface area contributed by atoms with Crippen LogP contribution in [0.3, 0.4) is 0 Å². The molecule has 0 radical (unpaired) electrons. The molecule has 60 valence electrons. The van der Waals surface area contributed by atoms with Crippen LogP contribution < -0.4 is 5.73 Å². The quantitative estimate of drug-likeness (QED) is 0.722. The third-order valence-corrected chi connectivity index (χ3v) is 2.30. The van der Waals surface area contributed by atoms with E-state index in [1.165, 1.54) is 0 Å². The van der Waals surface area contributed by atoms with E-state index in [2.05, 4.69) is 9.97 Å². The van der Waals surface area contributed by atoms with E-state index in [9.17, 15) is 0 Å². The largest absolute Gasteiger partial charge is 0.397 e. The number of nitrogens with zero attached hydrogens (tertiary/aromatic N) is 2. The van der Waals surface area contributed by atoms with Gasteiger partial charge in [0, 0.05) is 24.2 Å². The maximum absolute atomic E-state index is 5.59. The molecule has 0 aliphatic heterocycles.